The third-order valence-corrected chi connectivity index (χ3v) is 5.46. The van der Waals surface area contributed by atoms with Crippen LogP contribution in [0.2, 0.25) is 0 Å². The van der Waals surface area contributed by atoms with Gasteiger partial charge in [-0.15, -0.1) is 0 Å². The maximum atomic E-state index is 13.2. The van der Waals surface area contributed by atoms with Crippen molar-refractivity contribution >= 4 is 11.9 Å². The monoisotopic (exact) mass is 372 g/mol. The molecule has 2 rings (SSSR count). The molecule has 0 unspecified atom stereocenters. The highest BCUT2D eigenvalue weighted by Crippen LogP contribution is 2.41. The molecular formula is C23H26F2O2. The zero-order chi connectivity index (χ0) is 20.1. The SMILES string of the molecule is CC(=O)[C@@](C)(CC/C=C/c1ccc(-c2ccccc2)cc1)[C@](C)(O)C(F)F. The second kappa shape index (κ2) is 8.57. The number of benzene rings is 2. The molecule has 0 fully saturated rings. The molecule has 0 heterocycles. The van der Waals surface area contributed by atoms with E-state index in [-0.39, 0.29) is 6.42 Å². The first-order valence-corrected chi connectivity index (χ1v) is 9.02. The maximum absolute atomic E-state index is 13.2. The van der Waals surface area contributed by atoms with Crippen LogP contribution in [0, 0.1) is 5.41 Å². The van der Waals surface area contributed by atoms with Crippen LogP contribution in [0.25, 0.3) is 17.2 Å². The van der Waals surface area contributed by atoms with E-state index in [1.165, 1.54) is 13.8 Å². The van der Waals surface area contributed by atoms with E-state index in [0.717, 1.165) is 23.6 Å². The third-order valence-electron chi connectivity index (χ3n) is 5.46. The first-order chi connectivity index (χ1) is 12.7. The second-order valence-corrected chi connectivity index (χ2v) is 7.27. The number of carbonyl (C=O) groups excluding carboxylic acids is 1. The molecule has 2 atom stereocenters. The lowest BCUT2D eigenvalue weighted by atomic mass is 9.68. The first-order valence-electron chi connectivity index (χ1n) is 9.02. The molecule has 0 amide bonds. The van der Waals surface area contributed by atoms with Crippen LogP contribution in [-0.2, 0) is 4.79 Å². The van der Waals surface area contributed by atoms with Crippen molar-refractivity contribution in [3.63, 3.8) is 0 Å². The molecule has 0 bridgehead atoms. The van der Waals surface area contributed by atoms with Gasteiger partial charge in [-0.2, -0.15) is 0 Å². The van der Waals surface area contributed by atoms with Crippen LogP contribution in [0.1, 0.15) is 39.2 Å². The summed E-state index contributed by atoms with van der Waals surface area (Å²) in [4.78, 5) is 11.9. The number of alkyl halides is 2. The van der Waals surface area contributed by atoms with Gasteiger partial charge in [0.1, 0.15) is 11.4 Å². The Morgan fingerprint density at radius 1 is 1.04 bits per heavy atom. The summed E-state index contributed by atoms with van der Waals surface area (Å²) < 4.78 is 26.4. The number of allylic oxidation sites excluding steroid dienone is 1. The van der Waals surface area contributed by atoms with Crippen LogP contribution in [0.5, 0.6) is 0 Å². The molecule has 2 aromatic rings. The van der Waals surface area contributed by atoms with Gasteiger partial charge >= 0.3 is 0 Å². The number of rotatable bonds is 8. The summed E-state index contributed by atoms with van der Waals surface area (Å²) in [6.07, 6.45) is 1.32. The Morgan fingerprint density at radius 3 is 2.11 bits per heavy atom. The second-order valence-electron chi connectivity index (χ2n) is 7.27. The minimum atomic E-state index is -2.99. The van der Waals surface area contributed by atoms with Crippen LogP contribution in [-0.4, -0.2) is 22.9 Å². The predicted molar refractivity (Wildman–Crippen MR) is 106 cm³/mol. The Hall–Kier alpha value is -2.33. The third kappa shape index (κ3) is 4.69. The van der Waals surface area contributed by atoms with Crippen LogP contribution in [0.15, 0.2) is 60.7 Å². The van der Waals surface area contributed by atoms with E-state index < -0.39 is 23.2 Å². The van der Waals surface area contributed by atoms with Crippen molar-refractivity contribution in [3.8, 4) is 11.1 Å². The van der Waals surface area contributed by atoms with Gasteiger partial charge in [0.25, 0.3) is 6.43 Å². The number of Topliss-reactive ketones (excluding diaryl/α,β-unsaturated/α-hetero) is 1. The summed E-state index contributed by atoms with van der Waals surface area (Å²) in [5.74, 6) is -0.437. The number of hydrogen-bond acceptors (Lipinski definition) is 2. The van der Waals surface area contributed by atoms with Gasteiger partial charge in [-0.1, -0.05) is 66.7 Å². The van der Waals surface area contributed by atoms with Gasteiger partial charge < -0.3 is 5.11 Å². The Balaban J connectivity index is 2.03. The molecule has 27 heavy (non-hydrogen) atoms. The average molecular weight is 372 g/mol. The molecule has 2 aromatic carbocycles. The Kier molecular flexibility index (Phi) is 6.66. The topological polar surface area (TPSA) is 37.3 Å². The fourth-order valence-corrected chi connectivity index (χ4v) is 3.04. The highest BCUT2D eigenvalue weighted by Gasteiger charge is 2.52. The van der Waals surface area contributed by atoms with E-state index in [4.69, 9.17) is 0 Å². The van der Waals surface area contributed by atoms with Gasteiger partial charge in [-0.05, 0) is 50.3 Å². The largest absolute Gasteiger partial charge is 0.383 e. The number of hydrogen-bond donors (Lipinski definition) is 1. The average Bonchev–Trinajstić information content (AvgIpc) is 2.65. The Morgan fingerprint density at radius 2 is 1.59 bits per heavy atom. The molecule has 2 nitrogen and oxygen atoms in total. The molecule has 144 valence electrons. The van der Waals surface area contributed by atoms with Crippen LogP contribution in [0.3, 0.4) is 0 Å². The molecule has 0 aliphatic heterocycles. The molecule has 0 saturated heterocycles. The van der Waals surface area contributed by atoms with Crippen molar-refractivity contribution in [2.45, 2.75) is 45.6 Å². The van der Waals surface area contributed by atoms with E-state index in [1.807, 2.05) is 66.7 Å². The van der Waals surface area contributed by atoms with Gasteiger partial charge in [0, 0.05) is 0 Å². The van der Waals surface area contributed by atoms with E-state index in [0.29, 0.717) is 6.42 Å². The quantitative estimate of drug-likeness (QED) is 0.640. The molecule has 1 N–H and O–H groups in total. The van der Waals surface area contributed by atoms with Crippen LogP contribution in [0.4, 0.5) is 8.78 Å². The van der Waals surface area contributed by atoms with Gasteiger partial charge in [0.05, 0.1) is 5.41 Å². The summed E-state index contributed by atoms with van der Waals surface area (Å²) in [5.41, 5.74) is -0.614. The zero-order valence-electron chi connectivity index (χ0n) is 16.0. The molecule has 0 saturated carbocycles. The molecule has 0 aromatic heterocycles. The normalized spacial score (nSPS) is 16.3. The highest BCUT2D eigenvalue weighted by atomic mass is 19.3. The fourth-order valence-electron chi connectivity index (χ4n) is 3.04. The van der Waals surface area contributed by atoms with Crippen molar-refractivity contribution in [1.29, 1.82) is 0 Å². The summed E-state index contributed by atoms with van der Waals surface area (Å²) in [6, 6.07) is 18.1. The van der Waals surface area contributed by atoms with Crippen molar-refractivity contribution in [2.24, 2.45) is 5.41 Å². The summed E-state index contributed by atoms with van der Waals surface area (Å²) in [6.45, 7) is 3.69. The zero-order valence-corrected chi connectivity index (χ0v) is 16.0. The van der Waals surface area contributed by atoms with Crippen molar-refractivity contribution in [3.05, 3.63) is 66.2 Å². The van der Waals surface area contributed by atoms with Crippen LogP contribution < -0.4 is 0 Å². The van der Waals surface area contributed by atoms with Gasteiger partial charge in [0.2, 0.25) is 0 Å². The van der Waals surface area contributed by atoms with E-state index >= 15 is 0 Å². The predicted octanol–water partition coefficient (Wildman–Crippen LogP) is 5.76. The molecule has 4 heteroatoms. The fraction of sp³-hybridized carbons (Fsp3) is 0.348. The number of ketones is 1. The summed E-state index contributed by atoms with van der Waals surface area (Å²) >= 11 is 0. The highest BCUT2D eigenvalue weighted by molar-refractivity contribution is 5.83. The number of halogens is 2. The molecule has 0 spiro atoms. The summed E-state index contributed by atoms with van der Waals surface area (Å²) in [7, 11) is 0. The van der Waals surface area contributed by atoms with E-state index in [1.54, 1.807) is 0 Å². The molecular weight excluding hydrogens is 346 g/mol. The van der Waals surface area contributed by atoms with Crippen molar-refractivity contribution < 1.29 is 18.7 Å². The Labute approximate surface area is 159 Å². The summed E-state index contributed by atoms with van der Waals surface area (Å²) in [5, 5.41) is 10.1. The lowest BCUT2D eigenvalue weighted by Crippen LogP contribution is -2.53. The van der Waals surface area contributed by atoms with Gasteiger partial charge in [-0.3, -0.25) is 4.79 Å². The number of aliphatic hydroxyl groups is 1. The van der Waals surface area contributed by atoms with Crippen molar-refractivity contribution in [1.82, 2.24) is 0 Å². The lowest BCUT2D eigenvalue weighted by Gasteiger charge is -2.40. The standard InChI is InChI=1S/C23H26F2O2/c1-17(26)22(2,23(3,27)21(24)25)16-8-7-9-18-12-14-20(15-13-18)19-10-5-4-6-11-19/h4-7,9-15,21,27H,8,16H2,1-3H3/b9-7+/t22-,23-/m1/s1. The van der Waals surface area contributed by atoms with Gasteiger partial charge in [0.15, 0.2) is 0 Å². The van der Waals surface area contributed by atoms with E-state index in [9.17, 15) is 18.7 Å². The van der Waals surface area contributed by atoms with Crippen molar-refractivity contribution in [2.75, 3.05) is 0 Å². The van der Waals surface area contributed by atoms with E-state index in [2.05, 4.69) is 0 Å². The molecule has 0 radical (unpaired) electrons. The van der Waals surface area contributed by atoms with Gasteiger partial charge in [-0.25, -0.2) is 8.78 Å². The van der Waals surface area contributed by atoms with Crippen LogP contribution >= 0.6 is 0 Å². The molecule has 0 aliphatic rings. The number of carbonyl (C=O) groups is 1. The Bertz CT molecular complexity index is 780. The minimum Gasteiger partial charge on any atom is -0.383 e. The first kappa shape index (κ1) is 21.0. The maximum Gasteiger partial charge on any atom is 0.267 e. The lowest BCUT2D eigenvalue weighted by molar-refractivity contribution is -0.173. The minimum absolute atomic E-state index is 0.151. The molecule has 0 aliphatic carbocycles. The smallest absolute Gasteiger partial charge is 0.267 e.